The summed E-state index contributed by atoms with van der Waals surface area (Å²) < 4.78 is 0. The highest BCUT2D eigenvalue weighted by Crippen LogP contribution is 2.23. The summed E-state index contributed by atoms with van der Waals surface area (Å²) >= 11 is 6.09. The zero-order valence-electron chi connectivity index (χ0n) is 14.6. The lowest BCUT2D eigenvalue weighted by Crippen LogP contribution is -3.13. The number of halogens is 1. The SMILES string of the molecule is Cc1cccc(C[NH+]2CCN(C(=O)c3cc([N+](=O)[O-])ccc3Cl)CC2)c1. The third kappa shape index (κ3) is 4.20. The Morgan fingerprint density at radius 1 is 1.23 bits per heavy atom. The Bertz CT molecular complexity index is 833. The quantitative estimate of drug-likeness (QED) is 0.658. The molecule has 0 unspecified atom stereocenters. The van der Waals surface area contributed by atoms with Gasteiger partial charge in [0.2, 0.25) is 0 Å². The van der Waals surface area contributed by atoms with E-state index in [9.17, 15) is 14.9 Å². The lowest BCUT2D eigenvalue weighted by Gasteiger charge is -2.32. The summed E-state index contributed by atoms with van der Waals surface area (Å²) in [5, 5.41) is 11.2. The Morgan fingerprint density at radius 2 is 1.96 bits per heavy atom. The van der Waals surface area contributed by atoms with Gasteiger partial charge in [-0.15, -0.1) is 0 Å². The van der Waals surface area contributed by atoms with Crippen molar-refractivity contribution in [3.05, 3.63) is 74.3 Å². The van der Waals surface area contributed by atoms with Gasteiger partial charge in [-0.25, -0.2) is 0 Å². The van der Waals surface area contributed by atoms with Crippen molar-refractivity contribution in [2.24, 2.45) is 0 Å². The minimum Gasteiger partial charge on any atom is -0.328 e. The zero-order valence-corrected chi connectivity index (χ0v) is 15.3. The highest BCUT2D eigenvalue weighted by molar-refractivity contribution is 6.33. The van der Waals surface area contributed by atoms with E-state index in [0.29, 0.717) is 13.1 Å². The van der Waals surface area contributed by atoms with E-state index in [1.807, 2.05) is 0 Å². The Kier molecular flexibility index (Phi) is 5.54. The first-order chi connectivity index (χ1) is 12.4. The van der Waals surface area contributed by atoms with Crippen molar-refractivity contribution in [1.82, 2.24) is 4.90 Å². The fourth-order valence-corrected chi connectivity index (χ4v) is 3.47. The summed E-state index contributed by atoms with van der Waals surface area (Å²) in [5.74, 6) is -0.242. The molecule has 7 heteroatoms. The highest BCUT2D eigenvalue weighted by atomic mass is 35.5. The van der Waals surface area contributed by atoms with Crippen molar-refractivity contribution in [2.45, 2.75) is 13.5 Å². The van der Waals surface area contributed by atoms with E-state index >= 15 is 0 Å². The van der Waals surface area contributed by atoms with Crippen molar-refractivity contribution in [1.29, 1.82) is 0 Å². The van der Waals surface area contributed by atoms with Gasteiger partial charge < -0.3 is 9.80 Å². The predicted octanol–water partition coefficient (Wildman–Crippen LogP) is 2.10. The Balaban J connectivity index is 1.63. The molecule has 0 saturated carbocycles. The summed E-state index contributed by atoms with van der Waals surface area (Å²) in [7, 11) is 0. The van der Waals surface area contributed by atoms with Crippen LogP contribution in [0.4, 0.5) is 5.69 Å². The number of nitro groups is 1. The van der Waals surface area contributed by atoms with Crippen LogP contribution >= 0.6 is 11.6 Å². The molecule has 1 amide bonds. The monoisotopic (exact) mass is 374 g/mol. The second-order valence-corrected chi connectivity index (χ2v) is 7.04. The van der Waals surface area contributed by atoms with Gasteiger partial charge in [0.25, 0.3) is 11.6 Å². The maximum Gasteiger partial charge on any atom is 0.270 e. The molecule has 0 radical (unpaired) electrons. The number of quaternary nitrogens is 1. The summed E-state index contributed by atoms with van der Waals surface area (Å²) in [6.07, 6.45) is 0. The van der Waals surface area contributed by atoms with E-state index in [4.69, 9.17) is 11.6 Å². The molecule has 2 aromatic carbocycles. The number of piperazine rings is 1. The number of carbonyl (C=O) groups is 1. The van der Waals surface area contributed by atoms with Crippen LogP contribution in [0.1, 0.15) is 21.5 Å². The molecule has 3 rings (SSSR count). The van der Waals surface area contributed by atoms with E-state index in [1.165, 1.54) is 34.2 Å². The van der Waals surface area contributed by atoms with Crippen molar-refractivity contribution < 1.29 is 14.6 Å². The molecule has 1 aliphatic heterocycles. The van der Waals surface area contributed by atoms with Crippen LogP contribution in [-0.4, -0.2) is 41.9 Å². The average molecular weight is 375 g/mol. The number of nitrogens with one attached hydrogen (secondary N) is 1. The van der Waals surface area contributed by atoms with E-state index in [-0.39, 0.29) is 22.2 Å². The molecule has 0 spiro atoms. The predicted molar refractivity (Wildman–Crippen MR) is 99.6 cm³/mol. The van der Waals surface area contributed by atoms with Gasteiger partial charge in [0.1, 0.15) is 6.54 Å². The van der Waals surface area contributed by atoms with Crippen molar-refractivity contribution >= 4 is 23.2 Å². The van der Waals surface area contributed by atoms with Crippen LogP contribution in [0.3, 0.4) is 0 Å². The minimum absolute atomic E-state index is 0.124. The normalized spacial score (nSPS) is 15.1. The minimum atomic E-state index is -0.517. The van der Waals surface area contributed by atoms with Gasteiger partial charge in [-0.1, -0.05) is 41.4 Å². The van der Waals surface area contributed by atoms with Crippen LogP contribution in [0, 0.1) is 17.0 Å². The van der Waals surface area contributed by atoms with Crippen molar-refractivity contribution in [3.63, 3.8) is 0 Å². The second kappa shape index (κ2) is 7.85. The van der Waals surface area contributed by atoms with Crippen LogP contribution in [0.15, 0.2) is 42.5 Å². The molecule has 26 heavy (non-hydrogen) atoms. The topological polar surface area (TPSA) is 67.9 Å². The van der Waals surface area contributed by atoms with Crippen molar-refractivity contribution in [2.75, 3.05) is 26.2 Å². The van der Waals surface area contributed by atoms with E-state index in [2.05, 4.69) is 31.2 Å². The number of nitro benzene ring substituents is 1. The molecule has 1 N–H and O–H groups in total. The Hall–Kier alpha value is -2.44. The molecule has 1 heterocycles. The summed E-state index contributed by atoms with van der Waals surface area (Å²) in [6.45, 7) is 5.91. The van der Waals surface area contributed by atoms with Gasteiger partial charge in [-0.3, -0.25) is 14.9 Å². The third-order valence-corrected chi connectivity index (χ3v) is 5.02. The summed E-state index contributed by atoms with van der Waals surface area (Å²) in [4.78, 5) is 26.3. The lowest BCUT2D eigenvalue weighted by atomic mass is 10.1. The van der Waals surface area contributed by atoms with E-state index in [1.54, 1.807) is 4.90 Å². The van der Waals surface area contributed by atoms with E-state index < -0.39 is 4.92 Å². The first kappa shape index (κ1) is 18.4. The van der Waals surface area contributed by atoms with Crippen molar-refractivity contribution in [3.8, 4) is 0 Å². The molecular weight excluding hydrogens is 354 g/mol. The molecule has 0 aromatic heterocycles. The summed E-state index contributed by atoms with van der Waals surface area (Å²) in [5.41, 5.74) is 2.61. The maximum absolute atomic E-state index is 12.7. The lowest BCUT2D eigenvalue weighted by molar-refractivity contribution is -0.917. The van der Waals surface area contributed by atoms with Crippen LogP contribution in [0.25, 0.3) is 0 Å². The highest BCUT2D eigenvalue weighted by Gasteiger charge is 2.27. The van der Waals surface area contributed by atoms with Gasteiger partial charge in [0.05, 0.1) is 41.7 Å². The average Bonchev–Trinajstić information content (AvgIpc) is 2.62. The number of hydrogen-bond acceptors (Lipinski definition) is 3. The molecule has 0 atom stereocenters. The molecule has 6 nitrogen and oxygen atoms in total. The Morgan fingerprint density at radius 3 is 2.62 bits per heavy atom. The molecule has 0 bridgehead atoms. The maximum atomic E-state index is 12.7. The molecule has 136 valence electrons. The number of aryl methyl sites for hydroxylation is 1. The third-order valence-electron chi connectivity index (χ3n) is 4.69. The van der Waals surface area contributed by atoms with Gasteiger partial charge in [-0.05, 0) is 13.0 Å². The first-order valence-electron chi connectivity index (χ1n) is 8.56. The van der Waals surface area contributed by atoms with Gasteiger partial charge >= 0.3 is 0 Å². The van der Waals surface area contributed by atoms with Gasteiger partial charge in [0, 0.05) is 17.7 Å². The number of benzene rings is 2. The fourth-order valence-electron chi connectivity index (χ4n) is 3.27. The number of rotatable bonds is 4. The molecule has 1 fully saturated rings. The summed E-state index contributed by atoms with van der Waals surface area (Å²) in [6, 6.07) is 12.4. The zero-order chi connectivity index (χ0) is 18.7. The smallest absolute Gasteiger partial charge is 0.270 e. The number of nitrogens with zero attached hydrogens (tertiary/aromatic N) is 2. The fraction of sp³-hybridized carbons (Fsp3) is 0.316. The molecule has 1 saturated heterocycles. The second-order valence-electron chi connectivity index (χ2n) is 6.63. The molecule has 2 aromatic rings. The van der Waals surface area contributed by atoms with Crippen LogP contribution < -0.4 is 4.90 Å². The number of carbonyl (C=O) groups excluding carboxylic acids is 1. The standard InChI is InChI=1S/C19H20ClN3O3/c1-14-3-2-4-15(11-14)13-21-7-9-22(10-8-21)19(24)17-12-16(23(25)26)5-6-18(17)20/h2-6,11-12H,7-10,13H2,1H3/p+1. The van der Waals surface area contributed by atoms with Crippen LogP contribution in [0.2, 0.25) is 5.02 Å². The molecule has 1 aliphatic rings. The first-order valence-corrected chi connectivity index (χ1v) is 8.94. The number of non-ortho nitro benzene ring substituents is 1. The number of hydrogen-bond donors (Lipinski definition) is 1. The number of amides is 1. The van der Waals surface area contributed by atoms with Crippen LogP contribution in [0.5, 0.6) is 0 Å². The van der Waals surface area contributed by atoms with E-state index in [0.717, 1.165) is 19.6 Å². The Labute approximate surface area is 157 Å². The van der Waals surface area contributed by atoms with Gasteiger partial charge in [-0.2, -0.15) is 0 Å². The molecule has 0 aliphatic carbocycles. The largest absolute Gasteiger partial charge is 0.328 e. The van der Waals surface area contributed by atoms with Crippen LogP contribution in [-0.2, 0) is 6.54 Å². The molecular formula is C19H21ClN3O3+. The van der Waals surface area contributed by atoms with Gasteiger partial charge in [0.15, 0.2) is 0 Å².